The zero-order valence-corrected chi connectivity index (χ0v) is 9.96. The smallest absolute Gasteiger partial charge is 0.238 e. The largest absolute Gasteiger partial charge is 0.325 e. The van der Waals surface area contributed by atoms with Crippen molar-refractivity contribution in [3.05, 3.63) is 42.0 Å². The number of fused-ring (bicyclic) bond motifs is 1. The van der Waals surface area contributed by atoms with Crippen molar-refractivity contribution in [2.24, 2.45) is 0 Å². The van der Waals surface area contributed by atoms with Crippen LogP contribution in [0.4, 0.5) is 5.69 Å². The maximum atomic E-state index is 11.6. The van der Waals surface area contributed by atoms with E-state index in [0.29, 0.717) is 13.1 Å². The molecule has 90 valence electrons. The lowest BCUT2D eigenvalue weighted by atomic mass is 10.1. The lowest BCUT2D eigenvalue weighted by Gasteiger charge is -2.07. The molecule has 0 unspecified atom stereocenters. The summed E-state index contributed by atoms with van der Waals surface area (Å²) in [6.07, 6.45) is 5.27. The van der Waals surface area contributed by atoms with Gasteiger partial charge in [-0.25, -0.2) is 0 Å². The van der Waals surface area contributed by atoms with E-state index in [4.69, 9.17) is 0 Å². The van der Waals surface area contributed by atoms with Crippen LogP contribution in [0.3, 0.4) is 0 Å². The van der Waals surface area contributed by atoms with Gasteiger partial charge in [-0.15, -0.1) is 6.58 Å². The van der Waals surface area contributed by atoms with Crippen LogP contribution in [0, 0.1) is 0 Å². The van der Waals surface area contributed by atoms with Crippen molar-refractivity contribution >= 4 is 11.6 Å². The summed E-state index contributed by atoms with van der Waals surface area (Å²) >= 11 is 0. The van der Waals surface area contributed by atoms with E-state index in [1.54, 1.807) is 6.08 Å². The summed E-state index contributed by atoms with van der Waals surface area (Å²) in [6, 6.07) is 6.19. The van der Waals surface area contributed by atoms with Gasteiger partial charge in [0.15, 0.2) is 0 Å². The van der Waals surface area contributed by atoms with Crippen LogP contribution in [0.15, 0.2) is 30.9 Å². The molecule has 0 saturated heterocycles. The molecular formula is C14H18N2O. The normalized spacial score (nSPS) is 13.2. The van der Waals surface area contributed by atoms with Crippen LogP contribution in [0.25, 0.3) is 0 Å². The highest BCUT2D eigenvalue weighted by Crippen LogP contribution is 2.24. The van der Waals surface area contributed by atoms with Crippen LogP contribution in [0.1, 0.15) is 17.5 Å². The topological polar surface area (TPSA) is 41.1 Å². The fourth-order valence-electron chi connectivity index (χ4n) is 2.14. The van der Waals surface area contributed by atoms with Gasteiger partial charge in [0.1, 0.15) is 0 Å². The Hall–Kier alpha value is -1.61. The second kappa shape index (κ2) is 5.64. The highest BCUT2D eigenvalue weighted by molar-refractivity contribution is 5.92. The first-order chi connectivity index (χ1) is 8.29. The number of anilines is 1. The Morgan fingerprint density at radius 2 is 2.18 bits per heavy atom. The van der Waals surface area contributed by atoms with Crippen molar-refractivity contribution in [3.63, 3.8) is 0 Å². The minimum Gasteiger partial charge on any atom is -0.325 e. The lowest BCUT2D eigenvalue weighted by molar-refractivity contribution is -0.115. The zero-order chi connectivity index (χ0) is 12.1. The third kappa shape index (κ3) is 3.17. The Kier molecular flexibility index (Phi) is 3.94. The van der Waals surface area contributed by atoms with E-state index in [1.807, 2.05) is 6.07 Å². The van der Waals surface area contributed by atoms with Gasteiger partial charge in [0.2, 0.25) is 5.91 Å². The molecule has 1 aliphatic carbocycles. The van der Waals surface area contributed by atoms with Gasteiger partial charge in [-0.1, -0.05) is 12.1 Å². The molecule has 0 heterocycles. The van der Waals surface area contributed by atoms with E-state index >= 15 is 0 Å². The van der Waals surface area contributed by atoms with Crippen LogP contribution in [0.5, 0.6) is 0 Å². The maximum Gasteiger partial charge on any atom is 0.238 e. The van der Waals surface area contributed by atoms with Crippen molar-refractivity contribution in [2.45, 2.75) is 19.3 Å². The molecule has 0 bridgehead atoms. The van der Waals surface area contributed by atoms with E-state index in [-0.39, 0.29) is 5.91 Å². The van der Waals surface area contributed by atoms with Crippen molar-refractivity contribution in [2.75, 3.05) is 18.4 Å². The quantitative estimate of drug-likeness (QED) is 0.599. The second-order valence-corrected chi connectivity index (χ2v) is 4.30. The van der Waals surface area contributed by atoms with Crippen LogP contribution in [-0.2, 0) is 17.6 Å². The summed E-state index contributed by atoms with van der Waals surface area (Å²) in [7, 11) is 0. The summed E-state index contributed by atoms with van der Waals surface area (Å²) in [5.41, 5.74) is 3.70. The highest BCUT2D eigenvalue weighted by Gasteiger charge is 2.11. The van der Waals surface area contributed by atoms with E-state index < -0.39 is 0 Å². The van der Waals surface area contributed by atoms with Gasteiger partial charge in [-0.2, -0.15) is 0 Å². The lowest BCUT2D eigenvalue weighted by Crippen LogP contribution is -2.28. The summed E-state index contributed by atoms with van der Waals surface area (Å²) in [5, 5.41) is 5.87. The molecule has 0 fully saturated rings. The SMILES string of the molecule is C=CCNCC(=O)Nc1ccc2c(c1)CCC2. The first-order valence-corrected chi connectivity index (χ1v) is 6.03. The van der Waals surface area contributed by atoms with Crippen LogP contribution < -0.4 is 10.6 Å². The summed E-state index contributed by atoms with van der Waals surface area (Å²) in [5.74, 6) is -0.00945. The van der Waals surface area contributed by atoms with E-state index in [1.165, 1.54) is 24.0 Å². The van der Waals surface area contributed by atoms with Crippen molar-refractivity contribution < 1.29 is 4.79 Å². The number of aryl methyl sites for hydroxylation is 2. The highest BCUT2D eigenvalue weighted by atomic mass is 16.1. The Bertz CT molecular complexity index is 426. The monoisotopic (exact) mass is 230 g/mol. The Morgan fingerprint density at radius 1 is 1.35 bits per heavy atom. The maximum absolute atomic E-state index is 11.6. The van der Waals surface area contributed by atoms with Crippen LogP contribution >= 0.6 is 0 Å². The second-order valence-electron chi connectivity index (χ2n) is 4.30. The molecule has 3 heteroatoms. The zero-order valence-electron chi connectivity index (χ0n) is 9.96. The van der Waals surface area contributed by atoms with Gasteiger partial charge < -0.3 is 10.6 Å². The molecule has 0 saturated carbocycles. The standard InChI is InChI=1S/C14H18N2O/c1-2-8-15-10-14(17)16-13-7-6-11-4-3-5-12(11)9-13/h2,6-7,9,15H,1,3-5,8,10H2,(H,16,17). The fourth-order valence-corrected chi connectivity index (χ4v) is 2.14. The van der Waals surface area contributed by atoms with Crippen molar-refractivity contribution in [1.29, 1.82) is 0 Å². The molecule has 2 rings (SSSR count). The number of hydrogen-bond acceptors (Lipinski definition) is 2. The van der Waals surface area contributed by atoms with Crippen LogP contribution in [-0.4, -0.2) is 19.0 Å². The number of benzene rings is 1. The summed E-state index contributed by atoms with van der Waals surface area (Å²) in [4.78, 5) is 11.6. The molecule has 17 heavy (non-hydrogen) atoms. The molecule has 0 aliphatic heterocycles. The molecular weight excluding hydrogens is 212 g/mol. The number of nitrogens with one attached hydrogen (secondary N) is 2. The number of hydrogen-bond donors (Lipinski definition) is 2. The molecule has 3 nitrogen and oxygen atoms in total. The van der Waals surface area contributed by atoms with Gasteiger partial charge in [-0.3, -0.25) is 4.79 Å². The molecule has 1 amide bonds. The van der Waals surface area contributed by atoms with E-state index in [9.17, 15) is 4.79 Å². The minimum atomic E-state index is -0.00945. The third-order valence-corrected chi connectivity index (χ3v) is 2.96. The molecule has 1 aromatic rings. The Balaban J connectivity index is 1.90. The van der Waals surface area contributed by atoms with Crippen molar-refractivity contribution in [3.8, 4) is 0 Å². The van der Waals surface area contributed by atoms with Gasteiger partial charge >= 0.3 is 0 Å². The third-order valence-electron chi connectivity index (χ3n) is 2.96. The average molecular weight is 230 g/mol. The molecule has 0 atom stereocenters. The van der Waals surface area contributed by atoms with Gasteiger partial charge in [0.05, 0.1) is 6.54 Å². The minimum absolute atomic E-state index is 0.00945. The average Bonchev–Trinajstić information content (AvgIpc) is 2.76. The fraction of sp³-hybridized carbons (Fsp3) is 0.357. The Morgan fingerprint density at radius 3 is 3.00 bits per heavy atom. The first-order valence-electron chi connectivity index (χ1n) is 6.03. The first kappa shape index (κ1) is 11.9. The summed E-state index contributed by atoms with van der Waals surface area (Å²) < 4.78 is 0. The predicted molar refractivity (Wildman–Crippen MR) is 70.2 cm³/mol. The van der Waals surface area contributed by atoms with E-state index in [0.717, 1.165) is 12.1 Å². The predicted octanol–water partition coefficient (Wildman–Crippen LogP) is 1.89. The molecule has 0 spiro atoms. The number of amides is 1. The van der Waals surface area contributed by atoms with Gasteiger partial charge in [0.25, 0.3) is 0 Å². The number of carbonyl (C=O) groups excluding carboxylic acids is 1. The van der Waals surface area contributed by atoms with E-state index in [2.05, 4.69) is 29.3 Å². The molecule has 0 aromatic heterocycles. The van der Waals surface area contributed by atoms with Gasteiger partial charge in [-0.05, 0) is 42.5 Å². The molecule has 2 N–H and O–H groups in total. The number of rotatable bonds is 5. The molecule has 1 aromatic carbocycles. The Labute approximate surface area is 102 Å². The molecule has 0 radical (unpaired) electrons. The summed E-state index contributed by atoms with van der Waals surface area (Å²) in [6.45, 7) is 4.56. The van der Waals surface area contributed by atoms with Crippen LogP contribution in [0.2, 0.25) is 0 Å². The van der Waals surface area contributed by atoms with Gasteiger partial charge in [0, 0.05) is 12.2 Å². The van der Waals surface area contributed by atoms with Crippen molar-refractivity contribution in [1.82, 2.24) is 5.32 Å². The molecule has 1 aliphatic rings. The number of carbonyl (C=O) groups is 1.